The number of carbonyl (C=O) groups excluding carboxylic acids is 2. The second-order valence-corrected chi connectivity index (χ2v) is 10.1. The van der Waals surface area contributed by atoms with E-state index in [-0.39, 0.29) is 24.5 Å². The van der Waals surface area contributed by atoms with Crippen LogP contribution in [0.25, 0.3) is 0 Å². The molecule has 3 amide bonds. The third kappa shape index (κ3) is 9.22. The van der Waals surface area contributed by atoms with Crippen LogP contribution < -0.4 is 10.1 Å². The smallest absolute Gasteiger partial charge is 0.410 e. The van der Waals surface area contributed by atoms with Gasteiger partial charge in [0, 0.05) is 31.9 Å². The fraction of sp³-hybridized carbons (Fsp3) is 0.500. The highest BCUT2D eigenvalue weighted by atomic mass is 19.1. The Labute approximate surface area is 217 Å². The molecule has 0 aromatic heterocycles. The van der Waals surface area contributed by atoms with E-state index >= 15 is 0 Å². The molecule has 0 aliphatic carbocycles. The minimum atomic E-state index is -0.680. The average Bonchev–Trinajstić information content (AvgIpc) is 2.85. The minimum Gasteiger partial charge on any atom is -0.488 e. The molecule has 3 rings (SSSR count). The first-order valence-electron chi connectivity index (χ1n) is 12.8. The van der Waals surface area contributed by atoms with Gasteiger partial charge in [0.25, 0.3) is 0 Å². The number of nitrogens with zero attached hydrogens (tertiary/aromatic N) is 2. The molecule has 0 radical (unpaired) electrons. The third-order valence-corrected chi connectivity index (χ3v) is 5.95. The van der Waals surface area contributed by atoms with Crippen molar-refractivity contribution in [3.8, 4) is 5.75 Å². The number of rotatable bonds is 9. The summed E-state index contributed by atoms with van der Waals surface area (Å²) in [4.78, 5) is 28.1. The Kier molecular flexibility index (Phi) is 10.1. The molecule has 7 nitrogen and oxygen atoms in total. The van der Waals surface area contributed by atoms with Crippen LogP contribution in [0.3, 0.4) is 0 Å². The quantitative estimate of drug-likeness (QED) is 0.400. The lowest BCUT2D eigenvalue weighted by Gasteiger charge is -2.35. The number of unbranched alkanes of at least 4 members (excludes halogenated alkanes) is 3. The van der Waals surface area contributed by atoms with Gasteiger partial charge in [-0.3, -0.25) is 0 Å². The summed E-state index contributed by atoms with van der Waals surface area (Å²) in [6, 6.07) is 11.3. The van der Waals surface area contributed by atoms with Gasteiger partial charge in [-0.05, 0) is 69.9 Å². The predicted octanol–water partition coefficient (Wildman–Crippen LogP) is 6.23. The predicted molar refractivity (Wildman–Crippen MR) is 139 cm³/mol. The number of piperazine rings is 1. The van der Waals surface area contributed by atoms with E-state index in [1.807, 2.05) is 45.0 Å². The van der Waals surface area contributed by atoms with Crippen molar-refractivity contribution in [2.45, 2.75) is 58.5 Å². The van der Waals surface area contributed by atoms with Crippen molar-refractivity contribution in [2.24, 2.45) is 0 Å². The molecule has 0 atom stereocenters. The van der Waals surface area contributed by atoms with Crippen LogP contribution in [0.4, 0.5) is 24.1 Å². The van der Waals surface area contributed by atoms with E-state index in [1.54, 1.807) is 9.80 Å². The molecule has 2 aromatic carbocycles. The van der Waals surface area contributed by atoms with E-state index in [1.165, 1.54) is 23.8 Å². The van der Waals surface area contributed by atoms with Crippen molar-refractivity contribution in [2.75, 3.05) is 38.1 Å². The number of benzene rings is 2. The minimum absolute atomic E-state index is 0.186. The number of hydrogen-bond donors (Lipinski definition) is 1. The van der Waals surface area contributed by atoms with Gasteiger partial charge in [0.1, 0.15) is 5.60 Å². The molecule has 1 heterocycles. The molecule has 1 fully saturated rings. The van der Waals surface area contributed by atoms with Gasteiger partial charge in [-0.1, -0.05) is 31.0 Å². The Bertz CT molecular complexity index is 1010. The van der Waals surface area contributed by atoms with Crippen molar-refractivity contribution in [3.05, 3.63) is 59.7 Å². The highest BCUT2D eigenvalue weighted by Gasteiger charge is 2.27. The van der Waals surface area contributed by atoms with E-state index in [4.69, 9.17) is 9.47 Å². The summed E-state index contributed by atoms with van der Waals surface area (Å²) >= 11 is 0. The Balaban J connectivity index is 1.30. The van der Waals surface area contributed by atoms with Crippen molar-refractivity contribution in [1.29, 1.82) is 0 Å². The largest absolute Gasteiger partial charge is 0.488 e. The van der Waals surface area contributed by atoms with E-state index in [0.717, 1.165) is 37.8 Å². The summed E-state index contributed by atoms with van der Waals surface area (Å²) in [5.41, 5.74) is 1.35. The molecular formula is C28H37F2N3O4. The SMILES string of the molecule is CC(C)(C)OC(=O)N1CCN(C(=O)Nc2ccc(CCCCCCOc3c(F)cccc3F)cc2)CC1. The lowest BCUT2D eigenvalue weighted by Crippen LogP contribution is -2.52. The standard InChI is InChI=1S/C28H37F2N3O4/c1-28(2,3)37-27(35)33-18-16-32(17-19-33)26(34)31-22-14-12-21(13-15-22)9-6-4-5-7-20-36-25-23(29)10-8-11-24(25)30/h8,10-15H,4-7,9,16-20H2,1-3H3,(H,31,34). The van der Waals surface area contributed by atoms with E-state index in [2.05, 4.69) is 5.32 Å². The van der Waals surface area contributed by atoms with Crippen molar-refractivity contribution < 1.29 is 27.8 Å². The maximum atomic E-state index is 13.5. The fourth-order valence-corrected chi connectivity index (χ4v) is 3.96. The number of amides is 3. The molecule has 1 N–H and O–H groups in total. The second kappa shape index (κ2) is 13.3. The van der Waals surface area contributed by atoms with Gasteiger partial charge in [-0.2, -0.15) is 0 Å². The zero-order valence-electron chi connectivity index (χ0n) is 21.9. The average molecular weight is 518 g/mol. The third-order valence-electron chi connectivity index (χ3n) is 5.95. The van der Waals surface area contributed by atoms with Crippen LogP contribution >= 0.6 is 0 Å². The van der Waals surface area contributed by atoms with E-state index < -0.39 is 17.2 Å². The molecule has 2 aromatic rings. The molecular weight excluding hydrogens is 480 g/mol. The number of urea groups is 1. The number of carbonyl (C=O) groups is 2. The number of aryl methyl sites for hydroxylation is 1. The summed E-state index contributed by atoms with van der Waals surface area (Å²) in [5.74, 6) is -1.67. The summed E-state index contributed by atoms with van der Waals surface area (Å²) in [7, 11) is 0. The molecule has 0 bridgehead atoms. The number of para-hydroxylation sites is 1. The Hall–Kier alpha value is -3.36. The Morgan fingerprint density at radius 3 is 2.08 bits per heavy atom. The lowest BCUT2D eigenvalue weighted by molar-refractivity contribution is 0.0174. The molecule has 37 heavy (non-hydrogen) atoms. The highest BCUT2D eigenvalue weighted by molar-refractivity contribution is 5.89. The highest BCUT2D eigenvalue weighted by Crippen LogP contribution is 2.21. The summed E-state index contributed by atoms with van der Waals surface area (Å²) in [5, 5.41) is 2.92. The van der Waals surface area contributed by atoms with Gasteiger partial charge >= 0.3 is 12.1 Å². The maximum absolute atomic E-state index is 13.5. The van der Waals surface area contributed by atoms with Crippen LogP contribution in [0, 0.1) is 11.6 Å². The zero-order valence-corrected chi connectivity index (χ0v) is 21.9. The molecule has 0 saturated carbocycles. The van der Waals surface area contributed by atoms with Crippen molar-refractivity contribution in [1.82, 2.24) is 9.80 Å². The van der Waals surface area contributed by atoms with E-state index in [9.17, 15) is 18.4 Å². The van der Waals surface area contributed by atoms with Crippen LogP contribution in [-0.2, 0) is 11.2 Å². The first-order valence-corrected chi connectivity index (χ1v) is 12.8. The first kappa shape index (κ1) is 28.2. The number of halogens is 2. The molecule has 0 unspecified atom stereocenters. The van der Waals surface area contributed by atoms with Gasteiger partial charge < -0.3 is 24.6 Å². The van der Waals surface area contributed by atoms with Gasteiger partial charge in [0.15, 0.2) is 17.4 Å². The van der Waals surface area contributed by atoms with Crippen molar-refractivity contribution in [3.63, 3.8) is 0 Å². The summed E-state index contributed by atoms with van der Waals surface area (Å²) in [6.07, 6.45) is 4.16. The summed E-state index contributed by atoms with van der Waals surface area (Å²) in [6.45, 7) is 7.55. The Morgan fingerprint density at radius 2 is 1.46 bits per heavy atom. The lowest BCUT2D eigenvalue weighted by atomic mass is 10.1. The van der Waals surface area contributed by atoms with Gasteiger partial charge in [-0.15, -0.1) is 0 Å². The van der Waals surface area contributed by atoms with Crippen molar-refractivity contribution >= 4 is 17.8 Å². The molecule has 1 aliphatic heterocycles. The summed E-state index contributed by atoms with van der Waals surface area (Å²) < 4.78 is 37.7. The van der Waals surface area contributed by atoms with Crippen LogP contribution in [0.1, 0.15) is 52.0 Å². The monoisotopic (exact) mass is 517 g/mol. The van der Waals surface area contributed by atoms with Crippen LogP contribution in [-0.4, -0.2) is 60.3 Å². The first-order chi connectivity index (χ1) is 17.6. The molecule has 1 aliphatic rings. The molecule has 202 valence electrons. The van der Waals surface area contributed by atoms with Crippen LogP contribution in [0.15, 0.2) is 42.5 Å². The van der Waals surface area contributed by atoms with Crippen LogP contribution in [0.2, 0.25) is 0 Å². The normalized spacial score (nSPS) is 13.9. The topological polar surface area (TPSA) is 71.1 Å². The number of nitrogens with one attached hydrogen (secondary N) is 1. The second-order valence-electron chi connectivity index (χ2n) is 10.1. The zero-order chi connectivity index (χ0) is 26.8. The number of hydrogen-bond acceptors (Lipinski definition) is 4. The van der Waals surface area contributed by atoms with E-state index in [0.29, 0.717) is 26.2 Å². The van der Waals surface area contributed by atoms with Gasteiger partial charge in [0.05, 0.1) is 6.61 Å². The molecule has 1 saturated heterocycles. The number of ether oxygens (including phenoxy) is 2. The Morgan fingerprint density at radius 1 is 0.865 bits per heavy atom. The van der Waals surface area contributed by atoms with Crippen LogP contribution in [0.5, 0.6) is 5.75 Å². The molecule has 0 spiro atoms. The molecule has 9 heteroatoms. The van der Waals surface area contributed by atoms with Gasteiger partial charge in [-0.25, -0.2) is 18.4 Å². The van der Waals surface area contributed by atoms with Gasteiger partial charge in [0.2, 0.25) is 0 Å². The number of anilines is 1. The fourth-order valence-electron chi connectivity index (χ4n) is 3.96. The maximum Gasteiger partial charge on any atom is 0.410 e.